The lowest BCUT2D eigenvalue weighted by atomic mass is 10.2. The van der Waals surface area contributed by atoms with Crippen molar-refractivity contribution in [2.45, 2.75) is 11.8 Å². The lowest BCUT2D eigenvalue weighted by molar-refractivity contribution is 0.415. The number of benzene rings is 2. The molecule has 2 aromatic carbocycles. The molecule has 0 spiro atoms. The Kier molecular flexibility index (Phi) is 5.34. The molecule has 0 aromatic heterocycles. The van der Waals surface area contributed by atoms with Crippen LogP contribution >= 0.6 is 11.6 Å². The number of halogens is 1. The SMILES string of the molecule is C=CCN(c1cc(C)ccc1OC)S(=O)(=O)c1ccc(Cl)cc1. The average molecular weight is 352 g/mol. The molecule has 0 aliphatic heterocycles. The molecule has 122 valence electrons. The van der Waals surface area contributed by atoms with Crippen molar-refractivity contribution in [3.63, 3.8) is 0 Å². The Bertz CT molecular complexity index is 801. The van der Waals surface area contributed by atoms with Crippen LogP contribution in [0, 0.1) is 6.92 Å². The van der Waals surface area contributed by atoms with Gasteiger partial charge in [0.2, 0.25) is 0 Å². The second-order valence-corrected chi connectivity index (χ2v) is 7.25. The minimum absolute atomic E-state index is 0.130. The van der Waals surface area contributed by atoms with Gasteiger partial charge in [0.15, 0.2) is 0 Å². The molecule has 0 radical (unpaired) electrons. The van der Waals surface area contributed by atoms with E-state index in [1.165, 1.54) is 29.6 Å². The average Bonchev–Trinajstić information content (AvgIpc) is 2.53. The van der Waals surface area contributed by atoms with Crippen LogP contribution in [-0.4, -0.2) is 22.1 Å². The number of aryl methyl sites for hydroxylation is 1. The van der Waals surface area contributed by atoms with E-state index in [1.807, 2.05) is 13.0 Å². The molecular formula is C17H18ClNO3S. The van der Waals surface area contributed by atoms with Gasteiger partial charge in [0, 0.05) is 5.02 Å². The second-order valence-electron chi connectivity index (χ2n) is 4.95. The van der Waals surface area contributed by atoms with Crippen LogP contribution in [0.3, 0.4) is 0 Å². The van der Waals surface area contributed by atoms with E-state index in [9.17, 15) is 8.42 Å². The Morgan fingerprint density at radius 1 is 1.22 bits per heavy atom. The molecule has 0 unspecified atom stereocenters. The fourth-order valence-corrected chi connectivity index (χ4v) is 3.74. The van der Waals surface area contributed by atoms with Crippen LogP contribution in [-0.2, 0) is 10.0 Å². The highest BCUT2D eigenvalue weighted by atomic mass is 35.5. The lowest BCUT2D eigenvalue weighted by Gasteiger charge is -2.25. The van der Waals surface area contributed by atoms with Crippen molar-refractivity contribution in [3.05, 3.63) is 65.7 Å². The Balaban J connectivity index is 2.60. The maximum atomic E-state index is 13.0. The first kappa shape index (κ1) is 17.4. The third kappa shape index (κ3) is 3.68. The molecular weight excluding hydrogens is 334 g/mol. The van der Waals surface area contributed by atoms with Gasteiger partial charge >= 0.3 is 0 Å². The Hall–Kier alpha value is -1.98. The van der Waals surface area contributed by atoms with Crippen molar-refractivity contribution in [3.8, 4) is 5.75 Å². The van der Waals surface area contributed by atoms with E-state index in [1.54, 1.807) is 24.3 Å². The van der Waals surface area contributed by atoms with Crippen molar-refractivity contribution in [2.24, 2.45) is 0 Å². The first-order valence-corrected chi connectivity index (χ1v) is 8.76. The molecule has 2 aromatic rings. The largest absolute Gasteiger partial charge is 0.495 e. The molecule has 0 N–H and O–H groups in total. The summed E-state index contributed by atoms with van der Waals surface area (Å²) in [6, 6.07) is 11.4. The number of anilines is 1. The molecule has 0 saturated carbocycles. The Labute approximate surface area is 142 Å². The van der Waals surface area contributed by atoms with E-state index in [2.05, 4.69) is 6.58 Å². The van der Waals surface area contributed by atoms with Crippen LogP contribution < -0.4 is 9.04 Å². The van der Waals surface area contributed by atoms with Crippen molar-refractivity contribution in [2.75, 3.05) is 18.0 Å². The van der Waals surface area contributed by atoms with Gasteiger partial charge in [-0.2, -0.15) is 0 Å². The van der Waals surface area contributed by atoms with Gasteiger partial charge in [-0.15, -0.1) is 6.58 Å². The van der Waals surface area contributed by atoms with E-state index in [0.29, 0.717) is 16.5 Å². The first-order valence-electron chi connectivity index (χ1n) is 6.94. The highest BCUT2D eigenvalue weighted by Gasteiger charge is 2.26. The molecule has 0 aliphatic carbocycles. The van der Waals surface area contributed by atoms with Crippen molar-refractivity contribution >= 4 is 27.3 Å². The summed E-state index contributed by atoms with van der Waals surface area (Å²) in [5.74, 6) is 0.481. The third-order valence-corrected chi connectivity index (χ3v) is 5.35. The molecule has 0 amide bonds. The molecule has 2 rings (SSSR count). The van der Waals surface area contributed by atoms with Gasteiger partial charge in [0.25, 0.3) is 10.0 Å². The fraction of sp³-hybridized carbons (Fsp3) is 0.176. The monoisotopic (exact) mass is 351 g/mol. The molecule has 0 fully saturated rings. The number of methoxy groups -OCH3 is 1. The molecule has 0 atom stereocenters. The van der Waals surface area contributed by atoms with Crippen molar-refractivity contribution in [1.29, 1.82) is 0 Å². The first-order chi connectivity index (χ1) is 10.9. The standard InChI is InChI=1S/C17H18ClNO3S/c1-4-11-19(16-12-13(2)5-10-17(16)22-3)23(20,21)15-8-6-14(18)7-9-15/h4-10,12H,1,11H2,2-3H3. The molecule has 4 nitrogen and oxygen atoms in total. The molecule has 0 saturated heterocycles. The molecule has 6 heteroatoms. The van der Waals surface area contributed by atoms with Gasteiger partial charge in [-0.1, -0.05) is 23.7 Å². The number of hydrogen-bond acceptors (Lipinski definition) is 3. The molecule has 23 heavy (non-hydrogen) atoms. The van der Waals surface area contributed by atoms with Crippen molar-refractivity contribution < 1.29 is 13.2 Å². The van der Waals surface area contributed by atoms with Crippen LogP contribution in [0.15, 0.2) is 60.0 Å². The number of nitrogens with zero attached hydrogens (tertiary/aromatic N) is 1. The quantitative estimate of drug-likeness (QED) is 0.738. The number of rotatable bonds is 6. The highest BCUT2D eigenvalue weighted by molar-refractivity contribution is 7.92. The summed E-state index contributed by atoms with van der Waals surface area (Å²) < 4.78 is 32.6. The predicted octanol–water partition coefficient (Wildman–Crippen LogP) is 4.04. The predicted molar refractivity (Wildman–Crippen MR) is 93.9 cm³/mol. The maximum absolute atomic E-state index is 13.0. The smallest absolute Gasteiger partial charge is 0.264 e. The number of sulfonamides is 1. The molecule has 0 bridgehead atoms. The van der Waals surface area contributed by atoms with E-state index in [0.717, 1.165) is 5.56 Å². The zero-order valence-corrected chi connectivity index (χ0v) is 14.6. The van der Waals surface area contributed by atoms with Gasteiger partial charge in [-0.05, 0) is 48.9 Å². The fourth-order valence-electron chi connectivity index (χ4n) is 2.17. The van der Waals surface area contributed by atoms with Gasteiger partial charge in [-0.3, -0.25) is 4.31 Å². The van der Waals surface area contributed by atoms with E-state index >= 15 is 0 Å². The van der Waals surface area contributed by atoms with Gasteiger partial charge in [-0.25, -0.2) is 8.42 Å². The molecule has 0 heterocycles. The van der Waals surface area contributed by atoms with E-state index in [4.69, 9.17) is 16.3 Å². The van der Waals surface area contributed by atoms with E-state index < -0.39 is 10.0 Å². The van der Waals surface area contributed by atoms with E-state index in [-0.39, 0.29) is 11.4 Å². The maximum Gasteiger partial charge on any atom is 0.264 e. The van der Waals surface area contributed by atoms with Crippen molar-refractivity contribution in [1.82, 2.24) is 0 Å². The van der Waals surface area contributed by atoms with Crippen LogP contribution in [0.4, 0.5) is 5.69 Å². The number of ether oxygens (including phenoxy) is 1. The van der Waals surface area contributed by atoms with Crippen LogP contribution in [0.2, 0.25) is 5.02 Å². The molecule has 0 aliphatic rings. The Morgan fingerprint density at radius 2 is 1.87 bits per heavy atom. The second kappa shape index (κ2) is 7.06. The summed E-state index contributed by atoms with van der Waals surface area (Å²) in [5, 5.41) is 0.479. The van der Waals surface area contributed by atoms with Gasteiger partial charge in [0.1, 0.15) is 5.75 Å². The third-order valence-electron chi connectivity index (χ3n) is 3.30. The summed E-state index contributed by atoms with van der Waals surface area (Å²) in [5.41, 5.74) is 1.41. The topological polar surface area (TPSA) is 46.6 Å². The number of hydrogen-bond donors (Lipinski definition) is 0. The highest BCUT2D eigenvalue weighted by Crippen LogP contribution is 2.33. The van der Waals surface area contributed by atoms with Crippen LogP contribution in [0.1, 0.15) is 5.56 Å². The summed E-state index contributed by atoms with van der Waals surface area (Å²) in [6.45, 7) is 5.68. The summed E-state index contributed by atoms with van der Waals surface area (Å²) in [7, 11) is -2.25. The van der Waals surface area contributed by atoms with Crippen LogP contribution in [0.5, 0.6) is 5.75 Å². The van der Waals surface area contributed by atoms with Gasteiger partial charge < -0.3 is 4.74 Å². The van der Waals surface area contributed by atoms with Gasteiger partial charge in [0.05, 0.1) is 24.2 Å². The zero-order valence-electron chi connectivity index (χ0n) is 13.0. The minimum atomic E-state index is -3.76. The summed E-state index contributed by atoms with van der Waals surface area (Å²) >= 11 is 5.84. The zero-order chi connectivity index (χ0) is 17.0. The minimum Gasteiger partial charge on any atom is -0.495 e. The normalized spacial score (nSPS) is 11.1. The summed E-state index contributed by atoms with van der Waals surface area (Å²) in [6.07, 6.45) is 1.54. The lowest BCUT2D eigenvalue weighted by Crippen LogP contribution is -2.31. The van der Waals surface area contributed by atoms with Crippen LogP contribution in [0.25, 0.3) is 0 Å². The Morgan fingerprint density at radius 3 is 2.43 bits per heavy atom. The summed E-state index contributed by atoms with van der Waals surface area (Å²) in [4.78, 5) is 0.160.